The second-order valence-electron chi connectivity index (χ2n) is 3.13. The van der Waals surface area contributed by atoms with Gasteiger partial charge in [0.05, 0.1) is 23.3 Å². The molecule has 0 radical (unpaired) electrons. The lowest BCUT2D eigenvalue weighted by molar-refractivity contribution is 0.157. The van der Waals surface area contributed by atoms with E-state index in [9.17, 15) is 0 Å². The van der Waals surface area contributed by atoms with Gasteiger partial charge in [0.25, 0.3) is 0 Å². The Morgan fingerprint density at radius 2 is 2.13 bits per heavy atom. The first kappa shape index (κ1) is 10.4. The molecule has 2 rings (SSSR count). The summed E-state index contributed by atoms with van der Waals surface area (Å²) >= 11 is 3.29. The maximum absolute atomic E-state index is 4.95. The molecule has 80 valence electrons. The summed E-state index contributed by atoms with van der Waals surface area (Å²) in [6.45, 7) is 4.03. The van der Waals surface area contributed by atoms with E-state index in [1.165, 1.54) is 0 Å². The van der Waals surface area contributed by atoms with Crippen molar-refractivity contribution in [3.05, 3.63) is 16.9 Å². The van der Waals surface area contributed by atoms with Crippen LogP contribution in [-0.4, -0.2) is 35.4 Å². The minimum atomic E-state index is 0.609. The molecule has 1 aliphatic rings. The lowest BCUT2D eigenvalue weighted by Crippen LogP contribution is -2.48. The smallest absolute Gasteiger partial charge is 0.226 e. The molecule has 0 N–H and O–H groups in total. The van der Waals surface area contributed by atoms with Gasteiger partial charge in [-0.15, -0.1) is 0 Å². The number of nitrogens with zero attached hydrogens (tertiary/aromatic N) is 4. The van der Waals surface area contributed by atoms with Crippen LogP contribution in [-0.2, 0) is 4.84 Å². The zero-order valence-corrected chi connectivity index (χ0v) is 9.94. The van der Waals surface area contributed by atoms with Gasteiger partial charge in [-0.3, -0.25) is 0 Å². The molecule has 0 spiro atoms. The van der Waals surface area contributed by atoms with Crippen LogP contribution in [0.1, 0.15) is 6.92 Å². The molecule has 0 saturated carbocycles. The van der Waals surface area contributed by atoms with Gasteiger partial charge in [0.1, 0.15) is 6.61 Å². The van der Waals surface area contributed by atoms with Gasteiger partial charge in [0.2, 0.25) is 5.95 Å². The number of hydrogen-bond acceptors (Lipinski definition) is 5. The zero-order chi connectivity index (χ0) is 10.7. The zero-order valence-electron chi connectivity index (χ0n) is 8.35. The summed E-state index contributed by atoms with van der Waals surface area (Å²) < 4.78 is 0.884. The molecule has 1 aromatic rings. The standard InChI is InChI=1S/C9H11BrN4O/c1-2-15-13-8-5-14(6-8)9-11-3-7(10)4-12-9/h3-4H,2,5-6H2,1H3. The van der Waals surface area contributed by atoms with Gasteiger partial charge < -0.3 is 9.74 Å². The lowest BCUT2D eigenvalue weighted by Gasteiger charge is -2.31. The highest BCUT2D eigenvalue weighted by molar-refractivity contribution is 9.10. The SMILES string of the molecule is CCON=C1CN(c2ncc(Br)cn2)C1. The van der Waals surface area contributed by atoms with Gasteiger partial charge in [-0.1, -0.05) is 5.16 Å². The van der Waals surface area contributed by atoms with E-state index in [1.807, 2.05) is 11.8 Å². The fourth-order valence-corrected chi connectivity index (χ4v) is 1.42. The van der Waals surface area contributed by atoms with Crippen molar-refractivity contribution < 1.29 is 4.84 Å². The number of aromatic nitrogens is 2. The summed E-state index contributed by atoms with van der Waals surface area (Å²) in [4.78, 5) is 15.4. The van der Waals surface area contributed by atoms with Gasteiger partial charge in [0.15, 0.2) is 0 Å². The Morgan fingerprint density at radius 3 is 2.73 bits per heavy atom. The first-order valence-corrected chi connectivity index (χ1v) is 5.49. The number of halogens is 1. The third-order valence-corrected chi connectivity index (χ3v) is 2.37. The molecule has 0 aromatic carbocycles. The van der Waals surface area contributed by atoms with Crippen molar-refractivity contribution in [2.75, 3.05) is 24.6 Å². The largest absolute Gasteiger partial charge is 0.396 e. The Kier molecular flexibility index (Phi) is 3.15. The van der Waals surface area contributed by atoms with Crippen LogP contribution in [0.5, 0.6) is 0 Å². The molecule has 0 aliphatic carbocycles. The van der Waals surface area contributed by atoms with E-state index in [4.69, 9.17) is 4.84 Å². The highest BCUT2D eigenvalue weighted by Crippen LogP contribution is 2.15. The number of rotatable bonds is 3. The van der Waals surface area contributed by atoms with E-state index < -0.39 is 0 Å². The van der Waals surface area contributed by atoms with E-state index in [0.29, 0.717) is 6.61 Å². The average Bonchev–Trinajstić information content (AvgIpc) is 2.18. The Balaban J connectivity index is 1.91. The van der Waals surface area contributed by atoms with Crippen LogP contribution in [0.3, 0.4) is 0 Å². The maximum atomic E-state index is 4.95. The van der Waals surface area contributed by atoms with E-state index in [2.05, 4.69) is 31.1 Å². The topological polar surface area (TPSA) is 50.6 Å². The maximum Gasteiger partial charge on any atom is 0.226 e. The molecule has 15 heavy (non-hydrogen) atoms. The number of hydrogen-bond donors (Lipinski definition) is 0. The molecule has 6 heteroatoms. The number of oxime groups is 1. The number of anilines is 1. The van der Waals surface area contributed by atoms with E-state index in [-0.39, 0.29) is 0 Å². The second kappa shape index (κ2) is 4.57. The molecule has 1 fully saturated rings. The second-order valence-corrected chi connectivity index (χ2v) is 4.05. The third kappa shape index (κ3) is 2.44. The average molecular weight is 271 g/mol. The van der Waals surface area contributed by atoms with Crippen molar-refractivity contribution in [1.82, 2.24) is 9.97 Å². The quantitative estimate of drug-likeness (QED) is 0.781. The molecule has 5 nitrogen and oxygen atoms in total. The molecule has 2 heterocycles. The van der Waals surface area contributed by atoms with Crippen LogP contribution in [0.25, 0.3) is 0 Å². The van der Waals surface area contributed by atoms with Crippen molar-refractivity contribution in [3.63, 3.8) is 0 Å². The summed E-state index contributed by atoms with van der Waals surface area (Å²) in [6, 6.07) is 0. The Hall–Kier alpha value is -1.17. The van der Waals surface area contributed by atoms with Crippen molar-refractivity contribution in [3.8, 4) is 0 Å². The Morgan fingerprint density at radius 1 is 1.47 bits per heavy atom. The summed E-state index contributed by atoms with van der Waals surface area (Å²) in [5, 5.41) is 3.95. The molecule has 0 amide bonds. The Labute approximate surface area is 96.3 Å². The summed E-state index contributed by atoms with van der Waals surface area (Å²) in [7, 11) is 0. The monoisotopic (exact) mass is 270 g/mol. The summed E-state index contributed by atoms with van der Waals surface area (Å²) in [5.74, 6) is 0.730. The van der Waals surface area contributed by atoms with Gasteiger partial charge in [-0.25, -0.2) is 9.97 Å². The predicted molar refractivity (Wildman–Crippen MR) is 61.0 cm³/mol. The molecule has 1 aliphatic heterocycles. The minimum Gasteiger partial charge on any atom is -0.396 e. The van der Waals surface area contributed by atoms with E-state index in [1.54, 1.807) is 12.4 Å². The highest BCUT2D eigenvalue weighted by atomic mass is 79.9. The lowest BCUT2D eigenvalue weighted by atomic mass is 10.2. The summed E-state index contributed by atoms with van der Waals surface area (Å²) in [6.07, 6.45) is 3.47. The van der Waals surface area contributed by atoms with Crippen LogP contribution in [0.2, 0.25) is 0 Å². The molecular weight excluding hydrogens is 260 g/mol. The van der Waals surface area contributed by atoms with Crippen molar-refractivity contribution >= 4 is 27.6 Å². The first-order chi connectivity index (χ1) is 7.29. The van der Waals surface area contributed by atoms with Gasteiger partial charge in [0, 0.05) is 12.4 Å². The molecular formula is C9H11BrN4O. The van der Waals surface area contributed by atoms with Crippen molar-refractivity contribution in [2.45, 2.75) is 6.92 Å². The van der Waals surface area contributed by atoms with Crippen LogP contribution < -0.4 is 4.90 Å². The van der Waals surface area contributed by atoms with Gasteiger partial charge >= 0.3 is 0 Å². The predicted octanol–water partition coefficient (Wildman–Crippen LogP) is 1.45. The molecule has 1 saturated heterocycles. The molecule has 0 atom stereocenters. The highest BCUT2D eigenvalue weighted by Gasteiger charge is 2.24. The van der Waals surface area contributed by atoms with Crippen molar-refractivity contribution in [1.29, 1.82) is 0 Å². The van der Waals surface area contributed by atoms with Crippen LogP contribution >= 0.6 is 15.9 Å². The normalized spacial score (nSPS) is 14.8. The van der Waals surface area contributed by atoms with Gasteiger partial charge in [-0.2, -0.15) is 0 Å². The van der Waals surface area contributed by atoms with Crippen LogP contribution in [0, 0.1) is 0 Å². The fraction of sp³-hybridized carbons (Fsp3) is 0.444. The minimum absolute atomic E-state index is 0.609. The molecule has 1 aromatic heterocycles. The van der Waals surface area contributed by atoms with E-state index in [0.717, 1.165) is 29.2 Å². The third-order valence-electron chi connectivity index (χ3n) is 1.96. The molecule has 0 bridgehead atoms. The first-order valence-electron chi connectivity index (χ1n) is 4.70. The van der Waals surface area contributed by atoms with Gasteiger partial charge in [-0.05, 0) is 22.9 Å². The van der Waals surface area contributed by atoms with E-state index >= 15 is 0 Å². The Bertz CT molecular complexity index is 357. The van der Waals surface area contributed by atoms with Crippen LogP contribution in [0.15, 0.2) is 22.0 Å². The molecule has 0 unspecified atom stereocenters. The summed E-state index contributed by atoms with van der Waals surface area (Å²) in [5.41, 5.74) is 1.03. The fourth-order valence-electron chi connectivity index (χ4n) is 1.22. The van der Waals surface area contributed by atoms with Crippen molar-refractivity contribution in [2.24, 2.45) is 5.16 Å². The van der Waals surface area contributed by atoms with Crippen LogP contribution in [0.4, 0.5) is 5.95 Å².